The highest BCUT2D eigenvalue weighted by atomic mass is 35.5. The van der Waals surface area contributed by atoms with Gasteiger partial charge in [0.25, 0.3) is 0 Å². The van der Waals surface area contributed by atoms with Crippen molar-refractivity contribution >= 4 is 34.2 Å². The first-order valence-corrected chi connectivity index (χ1v) is 13.2. The SMILES string of the molecule is CCOc1ccccc1[C@H]1CC(c2ccc(C)cc2)=NN1c1nc(-c2ccccc2)c2cc(Cl)ccc2n1. The fraction of sp³-hybridized carbons (Fsp3) is 0.156. The molecule has 0 radical (unpaired) electrons. The molecule has 38 heavy (non-hydrogen) atoms. The molecule has 1 aromatic heterocycles. The van der Waals surface area contributed by atoms with E-state index in [-0.39, 0.29) is 6.04 Å². The Labute approximate surface area is 227 Å². The van der Waals surface area contributed by atoms with E-state index >= 15 is 0 Å². The molecule has 0 unspecified atom stereocenters. The van der Waals surface area contributed by atoms with Crippen molar-refractivity contribution in [2.75, 3.05) is 11.6 Å². The van der Waals surface area contributed by atoms with E-state index in [2.05, 4.69) is 49.4 Å². The Kier molecular flexibility index (Phi) is 6.52. The van der Waals surface area contributed by atoms with E-state index in [1.54, 1.807) is 0 Å². The maximum Gasteiger partial charge on any atom is 0.247 e. The fourth-order valence-corrected chi connectivity index (χ4v) is 5.08. The molecule has 0 spiro atoms. The highest BCUT2D eigenvalue weighted by Crippen LogP contribution is 2.40. The average Bonchev–Trinajstić information content (AvgIpc) is 3.39. The zero-order chi connectivity index (χ0) is 26.1. The van der Waals surface area contributed by atoms with Crippen molar-refractivity contribution in [1.82, 2.24) is 9.97 Å². The average molecular weight is 519 g/mol. The molecular formula is C32H27ClN4O. The maximum absolute atomic E-state index is 6.39. The molecule has 188 valence electrons. The van der Waals surface area contributed by atoms with Gasteiger partial charge in [0, 0.05) is 28.0 Å². The van der Waals surface area contributed by atoms with Gasteiger partial charge in [-0.1, -0.05) is 90.0 Å². The van der Waals surface area contributed by atoms with Crippen molar-refractivity contribution in [3.8, 4) is 17.0 Å². The van der Waals surface area contributed by atoms with Gasteiger partial charge in [0.15, 0.2) is 0 Å². The van der Waals surface area contributed by atoms with Crippen molar-refractivity contribution in [2.24, 2.45) is 5.10 Å². The first-order valence-electron chi connectivity index (χ1n) is 12.8. The number of ether oxygens (including phenoxy) is 1. The normalized spacial score (nSPS) is 15.1. The summed E-state index contributed by atoms with van der Waals surface area (Å²) < 4.78 is 6.03. The number of hydrazone groups is 1. The molecule has 5 nitrogen and oxygen atoms in total. The number of anilines is 1. The summed E-state index contributed by atoms with van der Waals surface area (Å²) >= 11 is 6.39. The lowest BCUT2D eigenvalue weighted by Gasteiger charge is -2.24. The van der Waals surface area contributed by atoms with Gasteiger partial charge in [-0.2, -0.15) is 5.10 Å². The van der Waals surface area contributed by atoms with E-state index in [9.17, 15) is 0 Å². The molecule has 1 aliphatic heterocycles. The Hall–Kier alpha value is -4.22. The lowest BCUT2D eigenvalue weighted by atomic mass is 9.97. The van der Waals surface area contributed by atoms with Crippen LogP contribution in [0.2, 0.25) is 5.02 Å². The third kappa shape index (κ3) is 4.61. The number of benzene rings is 4. The zero-order valence-corrected chi connectivity index (χ0v) is 22.1. The van der Waals surface area contributed by atoms with E-state index in [1.807, 2.05) is 66.5 Å². The second kappa shape index (κ2) is 10.3. The smallest absolute Gasteiger partial charge is 0.247 e. The number of aryl methyl sites for hydroxylation is 1. The van der Waals surface area contributed by atoms with Crippen molar-refractivity contribution in [3.63, 3.8) is 0 Å². The van der Waals surface area contributed by atoms with Gasteiger partial charge in [0.05, 0.1) is 29.6 Å². The molecule has 0 N–H and O–H groups in total. The van der Waals surface area contributed by atoms with Crippen LogP contribution in [0.5, 0.6) is 5.75 Å². The molecule has 6 rings (SSSR count). The number of hydrogen-bond acceptors (Lipinski definition) is 5. The summed E-state index contributed by atoms with van der Waals surface area (Å²) in [5, 5.41) is 8.62. The molecule has 0 bridgehead atoms. The van der Waals surface area contributed by atoms with Gasteiger partial charge < -0.3 is 4.74 Å². The minimum absolute atomic E-state index is 0.123. The van der Waals surface area contributed by atoms with Crippen LogP contribution in [0, 0.1) is 6.92 Å². The topological polar surface area (TPSA) is 50.6 Å². The Balaban J connectivity index is 1.54. The molecule has 6 heteroatoms. The van der Waals surface area contributed by atoms with Crippen LogP contribution in [0.1, 0.15) is 36.1 Å². The molecule has 0 fully saturated rings. The van der Waals surface area contributed by atoms with E-state index in [0.717, 1.165) is 44.7 Å². The standard InChI is InChI=1S/C32H27ClN4O/c1-3-38-30-12-8-7-11-25(30)29-20-28(22-15-13-21(2)14-16-22)36-37(29)32-34-27-18-17-24(33)19-26(27)31(35-32)23-9-5-4-6-10-23/h4-19,29H,3,20H2,1-2H3/t29-/m1/s1. The quantitative estimate of drug-likeness (QED) is 0.228. The fourth-order valence-electron chi connectivity index (χ4n) is 4.91. The van der Waals surface area contributed by atoms with Crippen LogP contribution in [-0.2, 0) is 0 Å². The minimum Gasteiger partial charge on any atom is -0.494 e. The number of hydrogen-bond donors (Lipinski definition) is 0. The lowest BCUT2D eigenvalue weighted by molar-refractivity contribution is 0.334. The molecule has 0 amide bonds. The molecule has 1 atom stereocenters. The number of fused-ring (bicyclic) bond motifs is 1. The van der Waals surface area contributed by atoms with Gasteiger partial charge in [0.2, 0.25) is 5.95 Å². The molecular weight excluding hydrogens is 492 g/mol. The summed E-state index contributed by atoms with van der Waals surface area (Å²) in [7, 11) is 0. The summed E-state index contributed by atoms with van der Waals surface area (Å²) in [6.45, 7) is 4.68. The molecule has 4 aromatic carbocycles. The molecule has 0 aliphatic carbocycles. The first-order chi connectivity index (χ1) is 18.6. The molecule has 1 aliphatic rings. The predicted octanol–water partition coefficient (Wildman–Crippen LogP) is 8.01. The van der Waals surface area contributed by atoms with E-state index < -0.39 is 0 Å². The van der Waals surface area contributed by atoms with E-state index in [1.165, 1.54) is 5.56 Å². The van der Waals surface area contributed by atoms with Gasteiger partial charge >= 0.3 is 0 Å². The predicted molar refractivity (Wildman–Crippen MR) is 155 cm³/mol. The number of aromatic nitrogens is 2. The molecule has 0 saturated heterocycles. The highest BCUT2D eigenvalue weighted by molar-refractivity contribution is 6.31. The maximum atomic E-state index is 6.39. The van der Waals surface area contributed by atoms with Gasteiger partial charge in [-0.25, -0.2) is 15.0 Å². The van der Waals surface area contributed by atoms with Crippen molar-refractivity contribution in [1.29, 1.82) is 0 Å². The van der Waals surface area contributed by atoms with Crippen LogP contribution >= 0.6 is 11.6 Å². The Morgan fingerprint density at radius 1 is 0.868 bits per heavy atom. The highest BCUT2D eigenvalue weighted by Gasteiger charge is 2.34. The van der Waals surface area contributed by atoms with Crippen LogP contribution < -0.4 is 9.75 Å². The summed E-state index contributed by atoms with van der Waals surface area (Å²) in [5.74, 6) is 1.39. The largest absolute Gasteiger partial charge is 0.494 e. The van der Waals surface area contributed by atoms with Gasteiger partial charge in [-0.15, -0.1) is 0 Å². The van der Waals surface area contributed by atoms with Crippen LogP contribution in [0.25, 0.3) is 22.2 Å². The molecule has 2 heterocycles. The van der Waals surface area contributed by atoms with E-state index in [0.29, 0.717) is 24.0 Å². The van der Waals surface area contributed by atoms with Crippen molar-refractivity contribution in [2.45, 2.75) is 26.3 Å². The number of para-hydroxylation sites is 1. The minimum atomic E-state index is -0.123. The van der Waals surface area contributed by atoms with Crippen LogP contribution in [0.4, 0.5) is 5.95 Å². The summed E-state index contributed by atoms with van der Waals surface area (Å²) in [5.41, 5.74) is 6.98. The number of nitrogens with zero attached hydrogens (tertiary/aromatic N) is 4. The second-order valence-electron chi connectivity index (χ2n) is 9.35. The Morgan fingerprint density at radius 2 is 1.63 bits per heavy atom. The number of rotatable bonds is 6. The summed E-state index contributed by atoms with van der Waals surface area (Å²) in [4.78, 5) is 10.1. The van der Waals surface area contributed by atoms with E-state index in [4.69, 9.17) is 31.4 Å². The van der Waals surface area contributed by atoms with Crippen molar-refractivity contribution in [3.05, 3.63) is 119 Å². The first kappa shape index (κ1) is 24.1. The zero-order valence-electron chi connectivity index (χ0n) is 21.3. The Morgan fingerprint density at radius 3 is 2.42 bits per heavy atom. The van der Waals surface area contributed by atoms with Gasteiger partial charge in [-0.05, 0) is 43.7 Å². The molecule has 5 aromatic rings. The van der Waals surface area contributed by atoms with Crippen molar-refractivity contribution < 1.29 is 4.74 Å². The van der Waals surface area contributed by atoms with Crippen LogP contribution in [0.15, 0.2) is 102 Å². The van der Waals surface area contributed by atoms with Crippen LogP contribution in [-0.4, -0.2) is 22.3 Å². The summed E-state index contributed by atoms with van der Waals surface area (Å²) in [6.07, 6.45) is 0.704. The van der Waals surface area contributed by atoms with Gasteiger partial charge in [0.1, 0.15) is 5.75 Å². The van der Waals surface area contributed by atoms with Gasteiger partial charge in [-0.3, -0.25) is 0 Å². The number of halogens is 1. The monoisotopic (exact) mass is 518 g/mol. The second-order valence-corrected chi connectivity index (χ2v) is 9.78. The molecule has 0 saturated carbocycles. The third-order valence-corrected chi connectivity index (χ3v) is 7.01. The third-order valence-electron chi connectivity index (χ3n) is 6.77. The van der Waals surface area contributed by atoms with Crippen LogP contribution in [0.3, 0.4) is 0 Å². The summed E-state index contributed by atoms with van der Waals surface area (Å²) in [6, 6.07) is 32.4. The Bertz CT molecular complexity index is 1630. The lowest BCUT2D eigenvalue weighted by Crippen LogP contribution is -2.22.